The van der Waals surface area contributed by atoms with Crippen LogP contribution < -0.4 is 0 Å². The minimum absolute atomic E-state index is 0.195. The lowest BCUT2D eigenvalue weighted by atomic mass is 9.92. The first-order chi connectivity index (χ1) is 8.58. The summed E-state index contributed by atoms with van der Waals surface area (Å²) >= 11 is 0. The number of aromatic hydroxyl groups is 1. The fourth-order valence-corrected chi connectivity index (χ4v) is 2.68. The molecule has 100 valence electrons. The van der Waals surface area contributed by atoms with Gasteiger partial charge in [0.15, 0.2) is 0 Å². The Morgan fingerprint density at radius 3 is 2.61 bits per heavy atom. The van der Waals surface area contributed by atoms with Gasteiger partial charge in [0.05, 0.1) is 6.10 Å². The summed E-state index contributed by atoms with van der Waals surface area (Å²) < 4.78 is 0. The maximum atomic E-state index is 10.0. The van der Waals surface area contributed by atoms with Crippen molar-refractivity contribution in [2.75, 3.05) is 13.1 Å². The van der Waals surface area contributed by atoms with Gasteiger partial charge in [0, 0.05) is 12.1 Å². The molecule has 3 heteroatoms. The van der Waals surface area contributed by atoms with Gasteiger partial charge in [-0.15, -0.1) is 0 Å². The van der Waals surface area contributed by atoms with Crippen LogP contribution in [0.2, 0.25) is 0 Å². The van der Waals surface area contributed by atoms with E-state index in [0.29, 0.717) is 11.7 Å². The van der Waals surface area contributed by atoms with Crippen molar-refractivity contribution in [3.63, 3.8) is 0 Å². The second-order valence-electron chi connectivity index (χ2n) is 5.44. The summed E-state index contributed by atoms with van der Waals surface area (Å²) in [6, 6.07) is 5.91. The first kappa shape index (κ1) is 13.4. The monoisotopic (exact) mass is 249 g/mol. The molecular weight excluding hydrogens is 226 g/mol. The van der Waals surface area contributed by atoms with Crippen LogP contribution in [0.3, 0.4) is 0 Å². The number of aliphatic hydroxyl groups is 1. The third kappa shape index (κ3) is 3.03. The van der Waals surface area contributed by atoms with Gasteiger partial charge >= 0.3 is 0 Å². The Kier molecular flexibility index (Phi) is 4.25. The number of likely N-dealkylation sites (tertiary alicyclic amines) is 1. The number of para-hydroxylation sites is 1. The van der Waals surface area contributed by atoms with Crippen molar-refractivity contribution < 1.29 is 10.2 Å². The van der Waals surface area contributed by atoms with Crippen molar-refractivity contribution >= 4 is 0 Å². The van der Waals surface area contributed by atoms with Gasteiger partial charge in [0.2, 0.25) is 0 Å². The standard InChI is InChI=1S/C15H23NO2/c1-11-4-3-5-14(15(11)18)10-16-8-6-13(7-9-16)12(2)17/h3-5,12-13,17-18H,6-10H2,1-2H3. The van der Waals surface area contributed by atoms with Crippen LogP contribution >= 0.6 is 0 Å². The average Bonchev–Trinajstić information content (AvgIpc) is 2.36. The molecule has 1 aromatic rings. The van der Waals surface area contributed by atoms with Crippen LogP contribution in [0.5, 0.6) is 5.75 Å². The van der Waals surface area contributed by atoms with E-state index < -0.39 is 0 Å². The SMILES string of the molecule is Cc1cccc(CN2CCC(C(C)O)CC2)c1O. The number of hydrogen-bond acceptors (Lipinski definition) is 3. The Bertz CT molecular complexity index is 395. The van der Waals surface area contributed by atoms with Gasteiger partial charge in [-0.25, -0.2) is 0 Å². The summed E-state index contributed by atoms with van der Waals surface area (Å²) in [7, 11) is 0. The largest absolute Gasteiger partial charge is 0.507 e. The normalized spacial score (nSPS) is 19.9. The maximum Gasteiger partial charge on any atom is 0.122 e. The van der Waals surface area contributed by atoms with Crippen molar-refractivity contribution in [3.8, 4) is 5.75 Å². The van der Waals surface area contributed by atoms with E-state index in [2.05, 4.69) is 4.90 Å². The fraction of sp³-hybridized carbons (Fsp3) is 0.600. The van der Waals surface area contributed by atoms with E-state index in [1.165, 1.54) is 0 Å². The van der Waals surface area contributed by atoms with Crippen LogP contribution in [0.1, 0.15) is 30.9 Å². The Balaban J connectivity index is 1.94. The van der Waals surface area contributed by atoms with Gasteiger partial charge in [-0.05, 0) is 51.3 Å². The quantitative estimate of drug-likeness (QED) is 0.864. The lowest BCUT2D eigenvalue weighted by Gasteiger charge is -2.33. The van der Waals surface area contributed by atoms with E-state index in [1.807, 2.05) is 32.0 Å². The Hall–Kier alpha value is -1.06. The zero-order valence-corrected chi connectivity index (χ0v) is 11.3. The second kappa shape index (κ2) is 5.72. The van der Waals surface area contributed by atoms with E-state index in [1.54, 1.807) is 0 Å². The molecule has 1 atom stereocenters. The highest BCUT2D eigenvalue weighted by Crippen LogP contribution is 2.26. The molecule has 1 heterocycles. The van der Waals surface area contributed by atoms with Crippen molar-refractivity contribution in [2.24, 2.45) is 5.92 Å². The van der Waals surface area contributed by atoms with Gasteiger partial charge in [-0.1, -0.05) is 18.2 Å². The number of hydrogen-bond donors (Lipinski definition) is 2. The maximum absolute atomic E-state index is 10.0. The predicted octanol–water partition coefficient (Wildman–Crippen LogP) is 2.29. The van der Waals surface area contributed by atoms with Crippen LogP contribution in [-0.2, 0) is 6.54 Å². The third-order valence-corrected chi connectivity index (χ3v) is 4.03. The number of benzene rings is 1. The number of aryl methyl sites for hydroxylation is 1. The molecule has 18 heavy (non-hydrogen) atoms. The number of phenols is 1. The molecule has 0 bridgehead atoms. The molecule has 1 saturated heterocycles. The summed E-state index contributed by atoms with van der Waals surface area (Å²) in [6.07, 6.45) is 1.90. The van der Waals surface area contributed by atoms with Gasteiger partial charge in [0.25, 0.3) is 0 Å². The molecule has 0 aromatic heterocycles. The van der Waals surface area contributed by atoms with Crippen LogP contribution in [0.25, 0.3) is 0 Å². The molecule has 0 saturated carbocycles. The third-order valence-electron chi connectivity index (χ3n) is 4.03. The first-order valence-corrected chi connectivity index (χ1v) is 6.76. The van der Waals surface area contributed by atoms with Gasteiger partial charge < -0.3 is 10.2 Å². The van der Waals surface area contributed by atoms with Crippen molar-refractivity contribution in [2.45, 2.75) is 39.3 Å². The first-order valence-electron chi connectivity index (χ1n) is 6.76. The van der Waals surface area contributed by atoms with Crippen LogP contribution in [-0.4, -0.2) is 34.3 Å². The number of aliphatic hydroxyl groups excluding tert-OH is 1. The molecule has 3 nitrogen and oxygen atoms in total. The molecule has 1 aliphatic heterocycles. The molecule has 0 spiro atoms. The van der Waals surface area contributed by atoms with E-state index >= 15 is 0 Å². The highest BCUT2D eigenvalue weighted by Gasteiger charge is 2.23. The summed E-state index contributed by atoms with van der Waals surface area (Å²) in [4.78, 5) is 2.35. The number of nitrogens with zero attached hydrogens (tertiary/aromatic N) is 1. The van der Waals surface area contributed by atoms with Crippen molar-refractivity contribution in [1.82, 2.24) is 4.90 Å². The minimum Gasteiger partial charge on any atom is -0.507 e. The molecule has 1 fully saturated rings. The summed E-state index contributed by atoms with van der Waals surface area (Å²) in [5.74, 6) is 0.863. The molecule has 2 N–H and O–H groups in total. The molecule has 0 radical (unpaired) electrons. The summed E-state index contributed by atoms with van der Waals surface area (Å²) in [5.41, 5.74) is 1.94. The number of phenolic OH excluding ortho intramolecular Hbond substituents is 1. The van der Waals surface area contributed by atoms with Crippen molar-refractivity contribution in [3.05, 3.63) is 29.3 Å². The average molecular weight is 249 g/mol. The fourth-order valence-electron chi connectivity index (χ4n) is 2.68. The lowest BCUT2D eigenvalue weighted by molar-refractivity contribution is 0.0693. The molecular formula is C15H23NO2. The van der Waals surface area contributed by atoms with E-state index in [4.69, 9.17) is 0 Å². The molecule has 0 amide bonds. The molecule has 2 rings (SSSR count). The second-order valence-corrected chi connectivity index (χ2v) is 5.44. The number of rotatable bonds is 3. The zero-order chi connectivity index (χ0) is 13.1. The van der Waals surface area contributed by atoms with Crippen LogP contribution in [0.4, 0.5) is 0 Å². The van der Waals surface area contributed by atoms with Crippen LogP contribution in [0, 0.1) is 12.8 Å². The summed E-state index contributed by atoms with van der Waals surface area (Å²) in [5, 5.41) is 19.6. The van der Waals surface area contributed by atoms with E-state index in [9.17, 15) is 10.2 Å². The Morgan fingerprint density at radius 2 is 2.00 bits per heavy atom. The van der Waals surface area contributed by atoms with E-state index in [0.717, 1.165) is 43.6 Å². The zero-order valence-electron chi connectivity index (χ0n) is 11.3. The minimum atomic E-state index is -0.195. The molecule has 1 unspecified atom stereocenters. The number of piperidine rings is 1. The Labute approximate surface area is 109 Å². The predicted molar refractivity (Wildman–Crippen MR) is 72.5 cm³/mol. The molecule has 1 aromatic carbocycles. The molecule has 1 aliphatic rings. The van der Waals surface area contributed by atoms with Crippen molar-refractivity contribution in [1.29, 1.82) is 0 Å². The topological polar surface area (TPSA) is 43.7 Å². The van der Waals surface area contributed by atoms with Gasteiger partial charge in [0.1, 0.15) is 5.75 Å². The molecule has 0 aliphatic carbocycles. The van der Waals surface area contributed by atoms with Crippen LogP contribution in [0.15, 0.2) is 18.2 Å². The Morgan fingerprint density at radius 1 is 1.33 bits per heavy atom. The van der Waals surface area contributed by atoms with Gasteiger partial charge in [-0.3, -0.25) is 4.90 Å². The lowest BCUT2D eigenvalue weighted by Crippen LogP contribution is -2.36. The highest BCUT2D eigenvalue weighted by molar-refractivity contribution is 5.39. The smallest absolute Gasteiger partial charge is 0.122 e. The highest BCUT2D eigenvalue weighted by atomic mass is 16.3. The van der Waals surface area contributed by atoms with E-state index in [-0.39, 0.29) is 6.10 Å². The summed E-state index contributed by atoms with van der Waals surface area (Å²) in [6.45, 7) is 6.62. The van der Waals surface area contributed by atoms with Gasteiger partial charge in [-0.2, -0.15) is 0 Å².